The Kier molecular flexibility index (Phi) is 5.42. The predicted octanol–water partition coefficient (Wildman–Crippen LogP) is 3.88. The van der Waals surface area contributed by atoms with Crippen molar-refractivity contribution in [1.29, 1.82) is 0 Å². The van der Waals surface area contributed by atoms with E-state index in [4.69, 9.17) is 28.9 Å². The van der Waals surface area contributed by atoms with E-state index in [1.165, 1.54) is 11.4 Å². The second-order valence-electron chi connectivity index (χ2n) is 5.87. The fraction of sp³-hybridized carbons (Fsp3) is 0.294. The van der Waals surface area contributed by atoms with Gasteiger partial charge in [0, 0.05) is 12.6 Å². The van der Waals surface area contributed by atoms with Crippen LogP contribution in [-0.4, -0.2) is 26.8 Å². The molecule has 0 spiro atoms. The summed E-state index contributed by atoms with van der Waals surface area (Å²) < 4.78 is 14.9. The number of anilines is 1. The first-order valence-corrected chi connectivity index (χ1v) is 8.62. The lowest BCUT2D eigenvalue weighted by atomic mass is 10.1. The number of halogens is 3. The molecule has 3 aromatic rings. The molecule has 0 radical (unpaired) electrons. The molecule has 0 saturated heterocycles. The molecule has 25 heavy (non-hydrogen) atoms. The maximum Gasteiger partial charge on any atom is 0.243 e. The number of aromatic nitrogens is 3. The minimum atomic E-state index is -1.13. The largest absolute Gasteiger partial charge is 0.364 e. The number of hydrogen-bond donors (Lipinski definition) is 2. The Hall–Kier alpha value is -1.89. The number of nitrogens with zero attached hydrogens (tertiary/aromatic N) is 3. The number of benzene rings is 1. The van der Waals surface area contributed by atoms with E-state index in [0.29, 0.717) is 35.0 Å². The van der Waals surface area contributed by atoms with Gasteiger partial charge >= 0.3 is 0 Å². The monoisotopic (exact) mass is 381 g/mol. The summed E-state index contributed by atoms with van der Waals surface area (Å²) in [6, 6.07) is 11.1. The van der Waals surface area contributed by atoms with Crippen molar-refractivity contribution in [2.45, 2.75) is 32.1 Å². The fourth-order valence-corrected chi connectivity index (χ4v) is 2.94. The van der Waals surface area contributed by atoms with Crippen LogP contribution in [0.2, 0.25) is 10.4 Å². The van der Waals surface area contributed by atoms with Gasteiger partial charge in [-0.25, -0.2) is 8.91 Å². The Balaban J connectivity index is 1.92. The highest BCUT2D eigenvalue weighted by atomic mass is 35.5. The van der Waals surface area contributed by atoms with Crippen molar-refractivity contribution in [3.63, 3.8) is 0 Å². The van der Waals surface area contributed by atoms with E-state index in [9.17, 15) is 4.39 Å². The van der Waals surface area contributed by atoms with E-state index < -0.39 is 12.2 Å². The summed E-state index contributed by atoms with van der Waals surface area (Å²) in [5, 5.41) is 7.79. The lowest BCUT2D eigenvalue weighted by molar-refractivity contribution is 0.304. The van der Waals surface area contributed by atoms with Gasteiger partial charge < -0.3 is 11.1 Å². The van der Waals surface area contributed by atoms with Crippen molar-refractivity contribution in [1.82, 2.24) is 14.6 Å². The van der Waals surface area contributed by atoms with Crippen LogP contribution in [0, 0.1) is 0 Å². The molecular formula is C17H18Cl2FN5. The van der Waals surface area contributed by atoms with Gasteiger partial charge in [-0.15, -0.1) is 5.10 Å². The van der Waals surface area contributed by atoms with Gasteiger partial charge in [0.1, 0.15) is 16.8 Å². The summed E-state index contributed by atoms with van der Waals surface area (Å²) in [4.78, 5) is 4.24. The van der Waals surface area contributed by atoms with Gasteiger partial charge in [0.2, 0.25) is 5.28 Å². The highest BCUT2D eigenvalue weighted by Gasteiger charge is 2.19. The SMILES string of the molecule is C[C@H](F)[C@H](N)Cc1cc2c(NCc3ccccc3)nc(Cl)nn2c1Cl. The van der Waals surface area contributed by atoms with Gasteiger partial charge in [0.15, 0.2) is 5.82 Å². The Morgan fingerprint density at radius 3 is 2.68 bits per heavy atom. The molecule has 0 fully saturated rings. The average molecular weight is 382 g/mol. The molecule has 0 bridgehead atoms. The molecule has 0 aliphatic carbocycles. The maximum absolute atomic E-state index is 13.4. The van der Waals surface area contributed by atoms with Crippen molar-refractivity contribution in [3.05, 3.63) is 58.0 Å². The van der Waals surface area contributed by atoms with Gasteiger partial charge in [0.25, 0.3) is 0 Å². The molecule has 2 atom stereocenters. The first kappa shape index (κ1) is 17.9. The Bertz CT molecular complexity index is 866. The van der Waals surface area contributed by atoms with Crippen LogP contribution in [0.5, 0.6) is 0 Å². The van der Waals surface area contributed by atoms with E-state index in [1.807, 2.05) is 36.4 Å². The highest BCUT2D eigenvalue weighted by Crippen LogP contribution is 2.27. The fourth-order valence-electron chi connectivity index (χ4n) is 2.52. The van der Waals surface area contributed by atoms with Crippen molar-refractivity contribution >= 4 is 34.5 Å². The van der Waals surface area contributed by atoms with Crippen molar-refractivity contribution < 1.29 is 4.39 Å². The van der Waals surface area contributed by atoms with Crippen molar-refractivity contribution in [2.24, 2.45) is 5.73 Å². The Morgan fingerprint density at radius 2 is 2.00 bits per heavy atom. The molecule has 1 aromatic carbocycles. The molecule has 5 nitrogen and oxygen atoms in total. The van der Waals surface area contributed by atoms with Crippen LogP contribution in [0.4, 0.5) is 10.2 Å². The lowest BCUT2D eigenvalue weighted by Gasteiger charge is -2.11. The standard InChI is InChI=1S/C17H18Cl2FN5/c1-10(20)13(21)7-12-8-14-16(22-9-11-5-3-2-4-6-11)23-17(19)24-25(14)15(12)18/h2-6,8,10,13H,7,9,21H2,1H3,(H,22,23,24)/t10-,13+/m0/s1. The summed E-state index contributed by atoms with van der Waals surface area (Å²) in [5.41, 5.74) is 8.29. The summed E-state index contributed by atoms with van der Waals surface area (Å²) in [6.45, 7) is 2.00. The van der Waals surface area contributed by atoms with E-state index in [2.05, 4.69) is 15.4 Å². The minimum Gasteiger partial charge on any atom is -0.364 e. The van der Waals surface area contributed by atoms with E-state index in [1.54, 1.807) is 0 Å². The molecular weight excluding hydrogens is 364 g/mol. The molecule has 0 aliphatic rings. The zero-order chi connectivity index (χ0) is 18.0. The maximum atomic E-state index is 13.4. The number of rotatable bonds is 6. The van der Waals surface area contributed by atoms with E-state index in [-0.39, 0.29) is 5.28 Å². The van der Waals surface area contributed by atoms with Crippen LogP contribution >= 0.6 is 23.2 Å². The van der Waals surface area contributed by atoms with Crippen LogP contribution in [0.1, 0.15) is 18.1 Å². The third-order valence-electron chi connectivity index (χ3n) is 3.97. The summed E-state index contributed by atoms with van der Waals surface area (Å²) in [5.74, 6) is 0.555. The second-order valence-corrected chi connectivity index (χ2v) is 6.57. The van der Waals surface area contributed by atoms with Crippen molar-refractivity contribution in [2.75, 3.05) is 5.32 Å². The predicted molar refractivity (Wildman–Crippen MR) is 99.0 cm³/mol. The zero-order valence-electron chi connectivity index (χ0n) is 13.6. The van der Waals surface area contributed by atoms with E-state index in [0.717, 1.165) is 5.56 Å². The number of alkyl halides is 1. The zero-order valence-corrected chi connectivity index (χ0v) is 15.1. The molecule has 3 rings (SSSR count). The molecule has 2 aromatic heterocycles. The quantitative estimate of drug-likeness (QED) is 0.679. The third-order valence-corrected chi connectivity index (χ3v) is 4.53. The smallest absolute Gasteiger partial charge is 0.243 e. The second kappa shape index (κ2) is 7.56. The molecule has 0 amide bonds. The molecule has 0 saturated carbocycles. The van der Waals surface area contributed by atoms with Gasteiger partial charge in [-0.1, -0.05) is 41.9 Å². The third kappa shape index (κ3) is 4.03. The first-order valence-electron chi connectivity index (χ1n) is 7.87. The lowest BCUT2D eigenvalue weighted by Crippen LogP contribution is -2.31. The van der Waals surface area contributed by atoms with Crippen LogP contribution in [0.25, 0.3) is 5.52 Å². The van der Waals surface area contributed by atoms with Gasteiger partial charge in [0.05, 0.1) is 0 Å². The van der Waals surface area contributed by atoms with Crippen LogP contribution < -0.4 is 11.1 Å². The summed E-state index contributed by atoms with van der Waals surface area (Å²) in [7, 11) is 0. The number of nitrogens with one attached hydrogen (secondary N) is 1. The molecule has 2 heterocycles. The Labute approximate surface area is 155 Å². The van der Waals surface area contributed by atoms with Crippen LogP contribution in [0.3, 0.4) is 0 Å². The molecule has 132 valence electrons. The van der Waals surface area contributed by atoms with Gasteiger partial charge in [-0.2, -0.15) is 4.98 Å². The molecule has 8 heteroatoms. The van der Waals surface area contributed by atoms with Gasteiger partial charge in [-0.3, -0.25) is 0 Å². The molecule has 0 unspecified atom stereocenters. The minimum absolute atomic E-state index is 0.0651. The van der Waals surface area contributed by atoms with Gasteiger partial charge in [-0.05, 0) is 42.1 Å². The first-order chi connectivity index (χ1) is 12.0. The number of fused-ring (bicyclic) bond motifs is 1. The number of nitrogens with two attached hydrogens (primary N) is 1. The van der Waals surface area contributed by atoms with Crippen LogP contribution in [-0.2, 0) is 13.0 Å². The molecule has 3 N–H and O–H groups in total. The highest BCUT2D eigenvalue weighted by molar-refractivity contribution is 6.31. The van der Waals surface area contributed by atoms with E-state index >= 15 is 0 Å². The average Bonchev–Trinajstić information content (AvgIpc) is 2.90. The number of hydrogen-bond acceptors (Lipinski definition) is 4. The van der Waals surface area contributed by atoms with Crippen molar-refractivity contribution in [3.8, 4) is 0 Å². The Morgan fingerprint density at radius 1 is 1.28 bits per heavy atom. The summed E-state index contributed by atoms with van der Waals surface area (Å²) in [6.07, 6.45) is -0.834. The topological polar surface area (TPSA) is 68.2 Å². The molecule has 0 aliphatic heterocycles. The summed E-state index contributed by atoms with van der Waals surface area (Å²) >= 11 is 12.4. The van der Waals surface area contributed by atoms with Crippen LogP contribution in [0.15, 0.2) is 36.4 Å². The normalized spacial score (nSPS) is 13.8.